The molecule has 248 valence electrons. The van der Waals surface area contributed by atoms with Crippen LogP contribution in [0.15, 0.2) is 60.9 Å². The van der Waals surface area contributed by atoms with E-state index in [0.717, 1.165) is 72.1 Å². The summed E-state index contributed by atoms with van der Waals surface area (Å²) < 4.78 is 6.24. The number of aromatic nitrogens is 1. The van der Waals surface area contributed by atoms with Crippen LogP contribution in [0.2, 0.25) is 5.02 Å². The van der Waals surface area contributed by atoms with Gasteiger partial charge in [0.25, 0.3) is 0 Å². The van der Waals surface area contributed by atoms with Crippen molar-refractivity contribution in [3.05, 3.63) is 82.6 Å². The van der Waals surface area contributed by atoms with Crippen molar-refractivity contribution in [3.8, 4) is 16.9 Å². The van der Waals surface area contributed by atoms with E-state index in [-0.39, 0.29) is 24.4 Å². The molecule has 46 heavy (non-hydrogen) atoms. The van der Waals surface area contributed by atoms with Gasteiger partial charge in [-0.25, -0.2) is 0 Å². The third-order valence-corrected chi connectivity index (χ3v) is 9.13. The standard InChI is InChI=1S/C35H44ClN3O7/c36-28-12-9-22(5-1-4-8-32(43)38-20-29(41)33(44)34(45)30(42)21-40)17-23(28)18-39-35(14-15-35)27-19-37-16-13-25(27)26-6-2-3-7-31(26)46-24-10-11-24/h2-3,6-7,9,12-13,16-17,19,24,29-30,33-34,39-42,44-45H,1,4-5,8,10-11,14-15,18,20-21H2,(H,38,43). The third kappa shape index (κ3) is 8.83. The zero-order valence-corrected chi connectivity index (χ0v) is 26.6. The number of hydrogen-bond acceptors (Lipinski definition) is 9. The number of aryl methyl sites for hydroxylation is 1. The monoisotopic (exact) mass is 653 g/mol. The van der Waals surface area contributed by atoms with Crippen molar-refractivity contribution >= 4 is 17.5 Å². The summed E-state index contributed by atoms with van der Waals surface area (Å²) in [5, 5.41) is 54.9. The average molecular weight is 654 g/mol. The molecule has 0 bridgehead atoms. The van der Waals surface area contributed by atoms with Crippen LogP contribution in [-0.2, 0) is 23.3 Å². The number of hydrogen-bond donors (Lipinski definition) is 7. The fourth-order valence-electron chi connectivity index (χ4n) is 5.62. The summed E-state index contributed by atoms with van der Waals surface area (Å²) in [6.07, 6.45) is 4.16. The van der Waals surface area contributed by atoms with Gasteiger partial charge in [0.2, 0.25) is 5.91 Å². The van der Waals surface area contributed by atoms with Gasteiger partial charge >= 0.3 is 0 Å². The van der Waals surface area contributed by atoms with E-state index >= 15 is 0 Å². The highest BCUT2D eigenvalue weighted by atomic mass is 35.5. The van der Waals surface area contributed by atoms with Gasteiger partial charge in [-0.3, -0.25) is 9.78 Å². The van der Waals surface area contributed by atoms with Crippen LogP contribution in [0.5, 0.6) is 5.75 Å². The summed E-state index contributed by atoms with van der Waals surface area (Å²) in [5.74, 6) is 0.614. The second-order valence-electron chi connectivity index (χ2n) is 12.4. The summed E-state index contributed by atoms with van der Waals surface area (Å²) in [5.41, 5.74) is 5.31. The molecular formula is C35H44ClN3O7. The number of pyridine rings is 1. The summed E-state index contributed by atoms with van der Waals surface area (Å²) in [7, 11) is 0. The van der Waals surface area contributed by atoms with Crippen LogP contribution in [0.4, 0.5) is 0 Å². The van der Waals surface area contributed by atoms with E-state index in [0.29, 0.717) is 24.1 Å². The van der Waals surface area contributed by atoms with Gasteiger partial charge < -0.3 is 40.9 Å². The molecule has 2 saturated carbocycles. The van der Waals surface area contributed by atoms with Gasteiger partial charge in [0.1, 0.15) is 24.1 Å². The molecule has 5 rings (SSSR count). The van der Waals surface area contributed by atoms with E-state index in [1.54, 1.807) is 0 Å². The molecule has 0 aliphatic heterocycles. The van der Waals surface area contributed by atoms with Crippen molar-refractivity contribution in [1.29, 1.82) is 0 Å². The Labute approximate surface area is 274 Å². The van der Waals surface area contributed by atoms with Crippen LogP contribution in [-0.4, -0.2) is 80.1 Å². The smallest absolute Gasteiger partial charge is 0.220 e. The lowest BCUT2D eigenvalue weighted by atomic mass is 9.94. The molecule has 0 spiro atoms. The van der Waals surface area contributed by atoms with Crippen LogP contribution in [0.3, 0.4) is 0 Å². The quantitative estimate of drug-likeness (QED) is 0.102. The van der Waals surface area contributed by atoms with Crippen molar-refractivity contribution in [1.82, 2.24) is 15.6 Å². The number of carbonyl (C=O) groups is 1. The van der Waals surface area contributed by atoms with Gasteiger partial charge in [-0.1, -0.05) is 41.9 Å². The predicted molar refractivity (Wildman–Crippen MR) is 174 cm³/mol. The molecule has 1 amide bonds. The molecule has 3 aromatic rings. The largest absolute Gasteiger partial charge is 0.490 e. The summed E-state index contributed by atoms with van der Waals surface area (Å²) >= 11 is 6.62. The van der Waals surface area contributed by atoms with E-state index in [2.05, 4.69) is 33.8 Å². The molecule has 4 atom stereocenters. The Morgan fingerprint density at radius 3 is 2.50 bits per heavy atom. The fraction of sp³-hybridized carbons (Fsp3) is 0.486. The molecule has 10 nitrogen and oxygen atoms in total. The Bertz CT molecular complexity index is 1470. The Morgan fingerprint density at radius 1 is 1.00 bits per heavy atom. The fourth-order valence-corrected chi connectivity index (χ4v) is 5.81. The zero-order valence-electron chi connectivity index (χ0n) is 25.8. The minimum Gasteiger partial charge on any atom is -0.490 e. The van der Waals surface area contributed by atoms with E-state index in [4.69, 9.17) is 21.4 Å². The maximum Gasteiger partial charge on any atom is 0.220 e. The van der Waals surface area contributed by atoms with E-state index in [1.165, 1.54) is 0 Å². The Hall–Kier alpha value is -3.09. The highest BCUT2D eigenvalue weighted by Crippen LogP contribution is 2.50. The first-order chi connectivity index (χ1) is 22.2. The number of aliphatic hydroxyl groups is 5. The SMILES string of the molecule is O=C(CCCCc1ccc(Cl)c(CNC2(c3cnccc3-c3ccccc3OC3CC3)CC2)c1)NCC(O)C(O)C(O)C(O)CO. The molecule has 2 aromatic carbocycles. The Kier molecular flexibility index (Phi) is 11.7. The number of halogens is 1. The summed E-state index contributed by atoms with van der Waals surface area (Å²) in [6.45, 7) is -0.449. The molecular weight excluding hydrogens is 610 g/mol. The van der Waals surface area contributed by atoms with Gasteiger partial charge in [0, 0.05) is 48.0 Å². The molecule has 7 N–H and O–H groups in total. The summed E-state index contributed by atoms with van der Waals surface area (Å²) in [4.78, 5) is 16.7. The molecule has 2 aliphatic rings. The van der Waals surface area contributed by atoms with E-state index in [9.17, 15) is 25.2 Å². The lowest BCUT2D eigenvalue weighted by molar-refractivity contribution is -0.126. The van der Waals surface area contributed by atoms with Gasteiger partial charge in [-0.05, 0) is 85.4 Å². The predicted octanol–water partition coefficient (Wildman–Crippen LogP) is 2.99. The maximum atomic E-state index is 12.2. The van der Waals surface area contributed by atoms with Crippen LogP contribution < -0.4 is 15.4 Å². The number of carbonyl (C=O) groups excluding carboxylic acids is 1. The molecule has 11 heteroatoms. The average Bonchev–Trinajstić information content (AvgIpc) is 4.02. The first-order valence-electron chi connectivity index (χ1n) is 16.0. The number of benzene rings is 2. The topological polar surface area (TPSA) is 164 Å². The highest BCUT2D eigenvalue weighted by Gasteiger charge is 2.46. The number of unbranched alkanes of at least 4 members (excludes halogenated alkanes) is 1. The van der Waals surface area contributed by atoms with E-state index in [1.807, 2.05) is 42.7 Å². The molecule has 0 radical (unpaired) electrons. The molecule has 2 fully saturated rings. The van der Waals surface area contributed by atoms with Crippen LogP contribution >= 0.6 is 11.6 Å². The van der Waals surface area contributed by atoms with Crippen molar-refractivity contribution in [2.45, 2.75) is 94.0 Å². The van der Waals surface area contributed by atoms with Crippen LogP contribution in [0, 0.1) is 0 Å². The number of rotatable bonds is 18. The number of nitrogens with zero attached hydrogens (tertiary/aromatic N) is 1. The number of nitrogens with one attached hydrogen (secondary N) is 2. The third-order valence-electron chi connectivity index (χ3n) is 8.76. The molecule has 4 unspecified atom stereocenters. The van der Waals surface area contributed by atoms with Crippen LogP contribution in [0.25, 0.3) is 11.1 Å². The van der Waals surface area contributed by atoms with Crippen molar-refractivity contribution in [3.63, 3.8) is 0 Å². The number of para-hydroxylation sites is 1. The molecule has 1 aromatic heterocycles. The number of amides is 1. The number of ether oxygens (including phenoxy) is 1. The Balaban J connectivity index is 1.12. The van der Waals surface area contributed by atoms with Gasteiger partial charge in [-0.15, -0.1) is 0 Å². The first-order valence-corrected chi connectivity index (χ1v) is 16.4. The maximum absolute atomic E-state index is 12.2. The highest BCUT2D eigenvalue weighted by molar-refractivity contribution is 6.31. The van der Waals surface area contributed by atoms with Gasteiger partial charge in [-0.2, -0.15) is 0 Å². The van der Waals surface area contributed by atoms with Crippen molar-refractivity contribution in [2.75, 3.05) is 13.2 Å². The zero-order chi connectivity index (χ0) is 32.7. The van der Waals surface area contributed by atoms with E-state index < -0.39 is 31.0 Å². The van der Waals surface area contributed by atoms with Crippen LogP contribution in [0.1, 0.15) is 61.6 Å². The first kappa shape index (κ1) is 34.3. The lowest BCUT2D eigenvalue weighted by Crippen LogP contribution is -2.49. The minimum absolute atomic E-state index is 0.191. The minimum atomic E-state index is -1.73. The van der Waals surface area contributed by atoms with Crippen molar-refractivity contribution < 1.29 is 35.1 Å². The number of aliphatic hydroxyl groups excluding tert-OH is 5. The lowest BCUT2D eigenvalue weighted by Gasteiger charge is -2.25. The van der Waals surface area contributed by atoms with Crippen molar-refractivity contribution in [2.24, 2.45) is 0 Å². The molecule has 1 heterocycles. The second kappa shape index (κ2) is 15.7. The summed E-state index contributed by atoms with van der Waals surface area (Å²) in [6, 6.07) is 16.3. The molecule has 2 aliphatic carbocycles. The Morgan fingerprint density at radius 2 is 1.76 bits per heavy atom. The normalized spacial score (nSPS) is 18.0. The second-order valence-corrected chi connectivity index (χ2v) is 12.8. The van der Waals surface area contributed by atoms with Gasteiger partial charge in [0.05, 0.1) is 18.8 Å². The molecule has 0 saturated heterocycles. The van der Waals surface area contributed by atoms with Gasteiger partial charge in [0.15, 0.2) is 0 Å².